The van der Waals surface area contributed by atoms with Crippen molar-refractivity contribution in [3.05, 3.63) is 95.8 Å². The Balaban J connectivity index is 1.04. The lowest BCUT2D eigenvalue weighted by molar-refractivity contribution is -0.139. The number of ether oxygens (including phenoxy) is 1. The summed E-state index contributed by atoms with van der Waals surface area (Å²) in [4.78, 5) is 25.4. The van der Waals surface area contributed by atoms with Gasteiger partial charge in [0.25, 0.3) is 0 Å². The maximum Gasteiger partial charge on any atom is 0.225 e. The topological polar surface area (TPSA) is 53.8 Å². The van der Waals surface area contributed by atoms with E-state index in [2.05, 4.69) is 86.0 Å². The molecule has 1 amide bonds. The van der Waals surface area contributed by atoms with Gasteiger partial charge in [0.05, 0.1) is 24.7 Å². The summed E-state index contributed by atoms with van der Waals surface area (Å²) in [5, 5.41) is 0. The highest BCUT2D eigenvalue weighted by atomic mass is 16.5. The van der Waals surface area contributed by atoms with Crippen molar-refractivity contribution < 1.29 is 9.53 Å². The number of methoxy groups -OCH3 is 1. The Kier molecular flexibility index (Phi) is 8.11. The number of aromatic nitrogens is 2. The second kappa shape index (κ2) is 12.2. The van der Waals surface area contributed by atoms with Gasteiger partial charge in [-0.15, -0.1) is 0 Å². The molecule has 0 radical (unpaired) electrons. The Labute approximate surface area is 237 Å². The van der Waals surface area contributed by atoms with Crippen LogP contribution in [0.25, 0.3) is 11.0 Å². The minimum absolute atomic E-state index is 0.134. The molecule has 0 N–H and O–H groups in total. The summed E-state index contributed by atoms with van der Waals surface area (Å²) in [5.41, 5.74) is 4.75. The first kappa shape index (κ1) is 26.5. The number of nitrogens with zero attached hydrogens (tertiary/aromatic N) is 5. The molecule has 2 aliphatic heterocycles. The van der Waals surface area contributed by atoms with Crippen molar-refractivity contribution >= 4 is 16.9 Å². The number of carbonyl (C=O) groups excluding carboxylic acids is 1. The molecule has 7 nitrogen and oxygen atoms in total. The van der Waals surface area contributed by atoms with E-state index in [0.29, 0.717) is 5.91 Å². The van der Waals surface area contributed by atoms with Crippen LogP contribution < -0.4 is 4.74 Å². The van der Waals surface area contributed by atoms with E-state index in [1.54, 1.807) is 7.11 Å². The second-order valence-electron chi connectivity index (χ2n) is 11.1. The van der Waals surface area contributed by atoms with Crippen LogP contribution in [0.5, 0.6) is 5.75 Å². The molecule has 3 heterocycles. The van der Waals surface area contributed by atoms with E-state index in [0.717, 1.165) is 94.4 Å². The summed E-state index contributed by atoms with van der Waals surface area (Å²) in [6.45, 7) is 7.95. The van der Waals surface area contributed by atoms with Crippen LogP contribution in [0, 0.1) is 5.92 Å². The van der Waals surface area contributed by atoms with E-state index in [4.69, 9.17) is 9.72 Å². The minimum Gasteiger partial charge on any atom is -0.497 e. The van der Waals surface area contributed by atoms with E-state index >= 15 is 0 Å². The Hall–Kier alpha value is -3.68. The van der Waals surface area contributed by atoms with Crippen LogP contribution in [0.4, 0.5) is 0 Å². The van der Waals surface area contributed by atoms with Gasteiger partial charge in [0.1, 0.15) is 11.6 Å². The number of benzene rings is 3. The zero-order valence-corrected chi connectivity index (χ0v) is 23.4. The summed E-state index contributed by atoms with van der Waals surface area (Å²) < 4.78 is 7.67. The van der Waals surface area contributed by atoms with Crippen molar-refractivity contribution in [2.24, 2.45) is 5.92 Å². The largest absolute Gasteiger partial charge is 0.497 e. The minimum atomic E-state index is 0.134. The maximum atomic E-state index is 13.4. The van der Waals surface area contributed by atoms with Crippen molar-refractivity contribution in [2.75, 3.05) is 46.4 Å². The SMILES string of the molecule is COc1ccc(Cn2c(CN3CCC(C(=O)N4CCN(Cc5ccccc5)CC4)CC3)nc3ccccc32)cc1. The summed E-state index contributed by atoms with van der Waals surface area (Å²) in [6, 6.07) is 27.3. The molecule has 0 aliphatic carbocycles. The number of amides is 1. The first-order valence-corrected chi connectivity index (χ1v) is 14.5. The molecule has 6 rings (SSSR count). The van der Waals surface area contributed by atoms with Gasteiger partial charge in [-0.3, -0.25) is 14.6 Å². The zero-order chi connectivity index (χ0) is 27.3. The van der Waals surface area contributed by atoms with Crippen LogP contribution in [-0.2, 0) is 24.4 Å². The van der Waals surface area contributed by atoms with Gasteiger partial charge < -0.3 is 14.2 Å². The predicted molar refractivity (Wildman–Crippen MR) is 158 cm³/mol. The van der Waals surface area contributed by atoms with Gasteiger partial charge in [-0.05, 0) is 61.3 Å². The molecule has 0 saturated carbocycles. The molecule has 1 aromatic heterocycles. The van der Waals surface area contributed by atoms with Crippen LogP contribution in [0.2, 0.25) is 0 Å². The van der Waals surface area contributed by atoms with Crippen LogP contribution in [0.15, 0.2) is 78.9 Å². The van der Waals surface area contributed by atoms with Crippen LogP contribution >= 0.6 is 0 Å². The Morgan fingerprint density at radius 2 is 1.40 bits per heavy atom. The van der Waals surface area contributed by atoms with Crippen molar-refractivity contribution in [1.82, 2.24) is 24.3 Å². The number of fused-ring (bicyclic) bond motifs is 1. The smallest absolute Gasteiger partial charge is 0.225 e. The van der Waals surface area contributed by atoms with Crippen molar-refractivity contribution in [3.63, 3.8) is 0 Å². The molecule has 0 bridgehead atoms. The first-order chi connectivity index (χ1) is 19.7. The highest BCUT2D eigenvalue weighted by Gasteiger charge is 2.31. The number of piperazine rings is 1. The first-order valence-electron chi connectivity index (χ1n) is 14.5. The molecule has 2 saturated heterocycles. The van der Waals surface area contributed by atoms with E-state index in [1.165, 1.54) is 11.1 Å². The fraction of sp³-hybridized carbons (Fsp3) is 0.394. The lowest BCUT2D eigenvalue weighted by Gasteiger charge is -2.38. The number of para-hydroxylation sites is 2. The van der Waals surface area contributed by atoms with Crippen LogP contribution in [0.1, 0.15) is 29.8 Å². The lowest BCUT2D eigenvalue weighted by Crippen LogP contribution is -2.51. The number of hydrogen-bond acceptors (Lipinski definition) is 5. The van der Waals surface area contributed by atoms with Gasteiger partial charge in [-0.2, -0.15) is 0 Å². The van der Waals surface area contributed by atoms with E-state index < -0.39 is 0 Å². The summed E-state index contributed by atoms with van der Waals surface area (Å²) in [6.07, 6.45) is 1.84. The van der Waals surface area contributed by atoms with Crippen molar-refractivity contribution in [2.45, 2.75) is 32.5 Å². The van der Waals surface area contributed by atoms with Crippen molar-refractivity contribution in [1.29, 1.82) is 0 Å². The predicted octanol–water partition coefficient (Wildman–Crippen LogP) is 4.65. The summed E-state index contributed by atoms with van der Waals surface area (Å²) in [7, 11) is 1.69. The molecule has 7 heteroatoms. The molecule has 3 aromatic carbocycles. The van der Waals surface area contributed by atoms with Gasteiger partial charge in [-0.25, -0.2) is 4.98 Å². The molecule has 0 unspecified atom stereocenters. The molecule has 40 heavy (non-hydrogen) atoms. The number of carbonyl (C=O) groups is 1. The Morgan fingerprint density at radius 3 is 2.12 bits per heavy atom. The number of rotatable bonds is 8. The quantitative estimate of drug-likeness (QED) is 0.328. The summed E-state index contributed by atoms with van der Waals surface area (Å²) >= 11 is 0. The third-order valence-corrected chi connectivity index (χ3v) is 8.47. The molecule has 0 atom stereocenters. The van der Waals surface area contributed by atoms with Gasteiger partial charge in [0.2, 0.25) is 5.91 Å². The van der Waals surface area contributed by atoms with Gasteiger partial charge >= 0.3 is 0 Å². The highest BCUT2D eigenvalue weighted by Crippen LogP contribution is 2.25. The van der Waals surface area contributed by atoms with E-state index in [1.807, 2.05) is 12.1 Å². The fourth-order valence-electron chi connectivity index (χ4n) is 6.10. The zero-order valence-electron chi connectivity index (χ0n) is 23.4. The van der Waals surface area contributed by atoms with Gasteiger partial charge in [0, 0.05) is 45.2 Å². The van der Waals surface area contributed by atoms with Crippen molar-refractivity contribution in [3.8, 4) is 5.75 Å². The van der Waals surface area contributed by atoms with Gasteiger partial charge in [0.15, 0.2) is 0 Å². The number of piperidine rings is 1. The van der Waals surface area contributed by atoms with Crippen LogP contribution in [0.3, 0.4) is 0 Å². The molecule has 2 fully saturated rings. The second-order valence-corrected chi connectivity index (χ2v) is 11.1. The van der Waals surface area contributed by atoms with E-state index in [9.17, 15) is 4.79 Å². The monoisotopic (exact) mass is 537 g/mol. The molecular weight excluding hydrogens is 498 g/mol. The van der Waals surface area contributed by atoms with Crippen LogP contribution in [-0.4, -0.2) is 76.5 Å². The molecule has 0 spiro atoms. The number of imidazole rings is 1. The molecule has 208 valence electrons. The molecule has 2 aliphatic rings. The average molecular weight is 538 g/mol. The van der Waals surface area contributed by atoms with E-state index in [-0.39, 0.29) is 5.92 Å². The Bertz CT molecular complexity index is 1400. The standard InChI is InChI=1S/C33H39N5O2/c1-40-29-13-11-27(12-14-29)24-38-31-10-6-5-9-30(31)34-32(38)25-35-17-15-28(16-18-35)33(39)37-21-19-36(20-22-37)23-26-7-3-2-4-8-26/h2-14,28H,15-25H2,1H3. The number of likely N-dealkylation sites (tertiary alicyclic amines) is 1. The number of hydrogen-bond donors (Lipinski definition) is 0. The molecule has 4 aromatic rings. The third kappa shape index (κ3) is 6.06. The highest BCUT2D eigenvalue weighted by molar-refractivity contribution is 5.79. The van der Waals surface area contributed by atoms with Gasteiger partial charge in [-0.1, -0.05) is 54.6 Å². The third-order valence-electron chi connectivity index (χ3n) is 8.47. The maximum absolute atomic E-state index is 13.4. The lowest BCUT2D eigenvalue weighted by atomic mass is 9.95. The normalized spacial score (nSPS) is 17.4. The molecular formula is C33H39N5O2. The Morgan fingerprint density at radius 1 is 0.750 bits per heavy atom. The average Bonchev–Trinajstić information content (AvgIpc) is 3.35. The fourth-order valence-corrected chi connectivity index (χ4v) is 6.10. The summed E-state index contributed by atoms with van der Waals surface area (Å²) in [5.74, 6) is 2.43.